The summed E-state index contributed by atoms with van der Waals surface area (Å²) < 4.78 is 55.8. The summed E-state index contributed by atoms with van der Waals surface area (Å²) in [6.07, 6.45) is -0.112. The molecule has 0 spiro atoms. The van der Waals surface area contributed by atoms with Crippen LogP contribution >= 0.6 is 0 Å². The first-order valence-corrected chi connectivity index (χ1v) is 11.6. The molecule has 0 unspecified atom stereocenters. The van der Waals surface area contributed by atoms with Crippen LogP contribution in [0.15, 0.2) is 76.6 Å². The fourth-order valence-electron chi connectivity index (χ4n) is 4.34. The number of halogens is 4. The second kappa shape index (κ2) is 9.56. The average Bonchev–Trinajstić information content (AvgIpc) is 2.89. The van der Waals surface area contributed by atoms with Gasteiger partial charge in [-0.25, -0.2) is 9.37 Å². The minimum Gasteiger partial charge on any atom is -0.371 e. The lowest BCUT2D eigenvalue weighted by molar-refractivity contribution is -0.137. The second-order valence-electron chi connectivity index (χ2n) is 8.65. The topological polar surface area (TPSA) is 50.5 Å². The fourth-order valence-corrected chi connectivity index (χ4v) is 4.34. The molecule has 0 saturated carbocycles. The van der Waals surface area contributed by atoms with Gasteiger partial charge in [0.2, 0.25) is 0 Å². The van der Waals surface area contributed by atoms with Gasteiger partial charge in [-0.15, -0.1) is 0 Å². The lowest BCUT2D eigenvalue weighted by Crippen LogP contribution is -2.29. The van der Waals surface area contributed by atoms with Crippen molar-refractivity contribution in [3.63, 3.8) is 0 Å². The molecular formula is C27H22F4N4O. The van der Waals surface area contributed by atoms with Crippen LogP contribution < -0.4 is 10.5 Å². The molecule has 0 amide bonds. The Kier molecular flexibility index (Phi) is 6.30. The van der Waals surface area contributed by atoms with Gasteiger partial charge in [0.25, 0.3) is 5.56 Å². The Morgan fingerprint density at radius 1 is 0.917 bits per heavy atom. The number of hydrogen-bond acceptors (Lipinski definition) is 4. The van der Waals surface area contributed by atoms with Crippen molar-refractivity contribution in [3.05, 3.63) is 94.0 Å². The number of benzene rings is 3. The summed E-state index contributed by atoms with van der Waals surface area (Å²) in [5, 5.41) is 4.42. The van der Waals surface area contributed by atoms with E-state index in [2.05, 4.69) is 15.0 Å². The second-order valence-corrected chi connectivity index (χ2v) is 8.65. The van der Waals surface area contributed by atoms with E-state index in [1.807, 2.05) is 0 Å². The highest BCUT2D eigenvalue weighted by molar-refractivity contribution is 5.82. The van der Waals surface area contributed by atoms with Crippen LogP contribution in [0.1, 0.15) is 30.4 Å². The van der Waals surface area contributed by atoms with Crippen LogP contribution in [0.25, 0.3) is 22.3 Å². The summed E-state index contributed by atoms with van der Waals surface area (Å²) in [7, 11) is 0. The lowest BCUT2D eigenvalue weighted by atomic mass is 10.1. The van der Waals surface area contributed by atoms with Crippen LogP contribution in [0.5, 0.6) is 0 Å². The molecule has 3 aromatic carbocycles. The largest absolute Gasteiger partial charge is 0.416 e. The maximum Gasteiger partial charge on any atom is 0.416 e. The summed E-state index contributed by atoms with van der Waals surface area (Å²) in [5.74, 6) is -0.587. The summed E-state index contributed by atoms with van der Waals surface area (Å²) in [4.78, 5) is 19.8. The predicted molar refractivity (Wildman–Crippen MR) is 132 cm³/mol. The van der Waals surface area contributed by atoms with Crippen LogP contribution in [0.3, 0.4) is 0 Å². The number of rotatable bonds is 4. The van der Waals surface area contributed by atoms with E-state index in [9.17, 15) is 22.4 Å². The van der Waals surface area contributed by atoms with Gasteiger partial charge >= 0.3 is 6.18 Å². The SMILES string of the molecule is O=c1c2ccccc2nc(-c2cccc(C(F)(F)F)c2)n1N=Cc1ccc(N2CCCCC2)cc1F. The van der Waals surface area contributed by atoms with Crippen molar-refractivity contribution in [1.29, 1.82) is 0 Å². The third kappa shape index (κ3) is 4.73. The van der Waals surface area contributed by atoms with E-state index >= 15 is 0 Å². The first-order valence-electron chi connectivity index (χ1n) is 11.6. The number of hydrogen-bond donors (Lipinski definition) is 0. The molecule has 2 heterocycles. The van der Waals surface area contributed by atoms with Gasteiger partial charge in [-0.2, -0.15) is 22.9 Å². The Morgan fingerprint density at radius 2 is 1.69 bits per heavy atom. The van der Waals surface area contributed by atoms with Crippen LogP contribution in [0, 0.1) is 5.82 Å². The predicted octanol–water partition coefficient (Wildman–Crippen LogP) is 6.09. The number of anilines is 1. The molecule has 1 saturated heterocycles. The Hall–Kier alpha value is -4.01. The Morgan fingerprint density at radius 3 is 2.44 bits per heavy atom. The third-order valence-electron chi connectivity index (χ3n) is 6.22. The summed E-state index contributed by atoms with van der Waals surface area (Å²) in [6.45, 7) is 1.73. The molecule has 0 radical (unpaired) electrons. The van der Waals surface area contributed by atoms with Gasteiger partial charge in [0.15, 0.2) is 5.82 Å². The highest BCUT2D eigenvalue weighted by Gasteiger charge is 2.31. The zero-order valence-corrected chi connectivity index (χ0v) is 19.2. The standard InChI is InChI=1S/C27H22F4N4O/c28-23-16-21(34-13-4-1-5-14-34)12-11-19(23)17-32-35-25(18-7-6-8-20(15-18)27(29,30)31)33-24-10-3-2-9-22(24)26(35)36/h2-3,6-12,15-17H,1,4-5,13-14H2. The highest BCUT2D eigenvalue weighted by Crippen LogP contribution is 2.32. The number of aromatic nitrogens is 2. The van der Waals surface area contributed by atoms with Gasteiger partial charge in [0, 0.05) is 29.9 Å². The maximum absolute atomic E-state index is 14.9. The summed E-state index contributed by atoms with van der Waals surface area (Å²) in [5.41, 5.74) is -0.152. The van der Waals surface area contributed by atoms with E-state index in [0.29, 0.717) is 5.52 Å². The number of para-hydroxylation sites is 1. The fraction of sp³-hybridized carbons (Fsp3) is 0.222. The normalized spacial score (nSPS) is 14.6. The zero-order valence-electron chi connectivity index (χ0n) is 19.2. The molecule has 1 aromatic heterocycles. The molecule has 1 fully saturated rings. The Bertz CT molecular complexity index is 1500. The molecule has 0 bridgehead atoms. The molecule has 4 aromatic rings. The number of fused-ring (bicyclic) bond motifs is 1. The molecule has 9 heteroatoms. The van der Waals surface area contributed by atoms with Crippen molar-refractivity contribution in [3.8, 4) is 11.4 Å². The first kappa shape index (κ1) is 23.7. The average molecular weight is 494 g/mol. The van der Waals surface area contributed by atoms with Crippen molar-refractivity contribution in [2.45, 2.75) is 25.4 Å². The number of alkyl halides is 3. The molecular weight excluding hydrogens is 472 g/mol. The zero-order chi connectivity index (χ0) is 25.3. The maximum atomic E-state index is 14.9. The molecule has 36 heavy (non-hydrogen) atoms. The van der Waals surface area contributed by atoms with Crippen molar-refractivity contribution >= 4 is 22.8 Å². The Balaban J connectivity index is 1.59. The van der Waals surface area contributed by atoms with E-state index in [0.717, 1.165) is 54.8 Å². The minimum atomic E-state index is -4.57. The van der Waals surface area contributed by atoms with Crippen LogP contribution in [-0.4, -0.2) is 29.0 Å². The molecule has 0 atom stereocenters. The van der Waals surface area contributed by atoms with Crippen LogP contribution in [0.4, 0.5) is 23.2 Å². The van der Waals surface area contributed by atoms with E-state index in [-0.39, 0.29) is 22.3 Å². The smallest absolute Gasteiger partial charge is 0.371 e. The summed E-state index contributed by atoms with van der Waals surface area (Å²) >= 11 is 0. The van der Waals surface area contributed by atoms with Crippen molar-refractivity contribution in [2.75, 3.05) is 18.0 Å². The molecule has 1 aliphatic rings. The van der Waals surface area contributed by atoms with E-state index in [1.54, 1.807) is 36.4 Å². The van der Waals surface area contributed by atoms with Gasteiger partial charge < -0.3 is 4.90 Å². The van der Waals surface area contributed by atoms with Crippen LogP contribution in [-0.2, 0) is 6.18 Å². The van der Waals surface area contributed by atoms with Gasteiger partial charge in [-0.1, -0.05) is 24.3 Å². The molecule has 5 nitrogen and oxygen atoms in total. The Labute approximate surface area is 204 Å². The van der Waals surface area contributed by atoms with Gasteiger partial charge in [0.05, 0.1) is 22.7 Å². The molecule has 0 N–H and O–H groups in total. The quantitative estimate of drug-likeness (QED) is 0.255. The monoisotopic (exact) mass is 494 g/mol. The lowest BCUT2D eigenvalue weighted by Gasteiger charge is -2.28. The summed E-state index contributed by atoms with van der Waals surface area (Å²) in [6, 6.07) is 15.8. The van der Waals surface area contributed by atoms with Crippen molar-refractivity contribution < 1.29 is 17.6 Å². The van der Waals surface area contributed by atoms with Gasteiger partial charge in [0.1, 0.15) is 5.82 Å². The third-order valence-corrected chi connectivity index (χ3v) is 6.22. The molecule has 0 aliphatic carbocycles. The van der Waals surface area contributed by atoms with E-state index in [1.165, 1.54) is 24.4 Å². The van der Waals surface area contributed by atoms with E-state index < -0.39 is 23.1 Å². The first-order chi connectivity index (χ1) is 17.3. The van der Waals surface area contributed by atoms with E-state index in [4.69, 9.17) is 0 Å². The minimum absolute atomic E-state index is 0.0609. The van der Waals surface area contributed by atoms with Crippen molar-refractivity contribution in [1.82, 2.24) is 9.66 Å². The van der Waals surface area contributed by atoms with Gasteiger partial charge in [-0.3, -0.25) is 4.79 Å². The molecule has 184 valence electrons. The molecule has 1 aliphatic heterocycles. The van der Waals surface area contributed by atoms with Crippen molar-refractivity contribution in [2.24, 2.45) is 5.10 Å². The van der Waals surface area contributed by atoms with Crippen LogP contribution in [0.2, 0.25) is 0 Å². The highest BCUT2D eigenvalue weighted by atomic mass is 19.4. The number of nitrogens with zero attached hydrogens (tertiary/aromatic N) is 4. The molecule has 5 rings (SSSR count). The van der Waals surface area contributed by atoms with Gasteiger partial charge in [-0.05, 0) is 61.7 Å². The number of piperidine rings is 1.